The fourth-order valence-electron chi connectivity index (χ4n) is 9.62. The van der Waals surface area contributed by atoms with Crippen LogP contribution in [-0.2, 0) is 0 Å². The molecule has 0 bridgehead atoms. The molecule has 71 heavy (non-hydrogen) atoms. The van der Waals surface area contributed by atoms with Gasteiger partial charge >= 0.3 is 0 Å². The standard InChI is InChI=1S/C64H47N7/c1-68(59-36-19-17-34-56(59)49-24-21-33-54(44-49)69(50-25-9-3-10-26-50)51-27-11-4-12-28-51)63-65-62(48-40-38-47(39-41-48)46-22-7-2-8-23-46)66-64(67-63)71-60-37-20-18-35-57(60)58-45-55(42-43-61(58)71)70(52-29-13-5-14-30-52)53-31-15-6-16-32-53/h2-45H,1H3. The zero-order chi connectivity index (χ0) is 47.5. The molecule has 0 saturated heterocycles. The van der Waals surface area contributed by atoms with Gasteiger partial charge in [0.1, 0.15) is 0 Å². The fourth-order valence-corrected chi connectivity index (χ4v) is 9.62. The van der Waals surface area contributed by atoms with Crippen LogP contribution < -0.4 is 14.7 Å². The number of para-hydroxylation sites is 6. The number of hydrogen-bond donors (Lipinski definition) is 0. The van der Waals surface area contributed by atoms with E-state index in [1.54, 1.807) is 0 Å². The van der Waals surface area contributed by atoms with E-state index in [0.29, 0.717) is 17.7 Å². The van der Waals surface area contributed by atoms with Crippen LogP contribution in [0.5, 0.6) is 0 Å². The largest absolute Gasteiger partial charge is 0.313 e. The number of aromatic nitrogens is 4. The van der Waals surface area contributed by atoms with E-state index < -0.39 is 0 Å². The predicted octanol–water partition coefficient (Wildman–Crippen LogP) is 16.7. The number of hydrogen-bond acceptors (Lipinski definition) is 6. The second-order valence-electron chi connectivity index (χ2n) is 17.4. The lowest BCUT2D eigenvalue weighted by Gasteiger charge is -2.26. The molecule has 0 unspecified atom stereocenters. The lowest BCUT2D eigenvalue weighted by molar-refractivity contribution is 0.922. The van der Waals surface area contributed by atoms with Gasteiger partial charge in [-0.2, -0.15) is 15.0 Å². The lowest BCUT2D eigenvalue weighted by Crippen LogP contribution is -2.17. The van der Waals surface area contributed by atoms with Crippen molar-refractivity contribution in [2.75, 3.05) is 21.7 Å². The van der Waals surface area contributed by atoms with Gasteiger partial charge in [0.25, 0.3) is 0 Å². The first-order valence-electron chi connectivity index (χ1n) is 23.8. The Labute approximate surface area is 413 Å². The van der Waals surface area contributed by atoms with Crippen molar-refractivity contribution in [3.63, 3.8) is 0 Å². The van der Waals surface area contributed by atoms with Crippen molar-refractivity contribution in [1.29, 1.82) is 0 Å². The van der Waals surface area contributed by atoms with Crippen molar-refractivity contribution in [3.8, 4) is 39.6 Å². The highest BCUT2D eigenvalue weighted by Gasteiger charge is 2.23. The Morgan fingerprint density at radius 3 is 1.41 bits per heavy atom. The van der Waals surface area contributed by atoms with Gasteiger partial charge < -0.3 is 14.7 Å². The molecule has 7 heteroatoms. The van der Waals surface area contributed by atoms with E-state index in [2.05, 4.69) is 280 Å². The predicted molar refractivity (Wildman–Crippen MR) is 294 cm³/mol. The van der Waals surface area contributed by atoms with Crippen LogP contribution in [0.15, 0.2) is 267 Å². The molecule has 7 nitrogen and oxygen atoms in total. The Morgan fingerprint density at radius 2 is 0.789 bits per heavy atom. The molecule has 0 aliphatic heterocycles. The first kappa shape index (κ1) is 42.7. The van der Waals surface area contributed by atoms with Gasteiger partial charge in [0.2, 0.25) is 11.9 Å². The van der Waals surface area contributed by atoms with Gasteiger partial charge in [-0.3, -0.25) is 4.57 Å². The lowest BCUT2D eigenvalue weighted by atomic mass is 10.0. The van der Waals surface area contributed by atoms with Crippen molar-refractivity contribution >= 4 is 67.6 Å². The maximum Gasteiger partial charge on any atom is 0.240 e. The number of rotatable bonds is 12. The highest BCUT2D eigenvalue weighted by molar-refractivity contribution is 6.10. The van der Waals surface area contributed by atoms with E-state index in [1.165, 1.54) is 0 Å². The van der Waals surface area contributed by atoms with Crippen LogP contribution in [0.2, 0.25) is 0 Å². The molecule has 0 spiro atoms. The summed E-state index contributed by atoms with van der Waals surface area (Å²) in [6.45, 7) is 0. The van der Waals surface area contributed by atoms with Crippen molar-refractivity contribution < 1.29 is 0 Å². The van der Waals surface area contributed by atoms with Gasteiger partial charge in [-0.1, -0.05) is 176 Å². The molecule has 0 fully saturated rings. The minimum Gasteiger partial charge on any atom is -0.313 e. The van der Waals surface area contributed by atoms with Crippen LogP contribution in [0.3, 0.4) is 0 Å². The molecule has 0 saturated carbocycles. The summed E-state index contributed by atoms with van der Waals surface area (Å²) < 4.78 is 2.18. The van der Waals surface area contributed by atoms with Gasteiger partial charge in [0, 0.05) is 63.1 Å². The molecule has 2 aromatic heterocycles. The maximum atomic E-state index is 5.40. The number of anilines is 8. The molecule has 0 atom stereocenters. The SMILES string of the molecule is CN(c1nc(-c2ccc(-c3ccccc3)cc2)nc(-n2c3ccccc3c3cc(N(c4ccccc4)c4ccccc4)ccc32)n1)c1ccccc1-c1cccc(N(c2ccccc2)c2ccccc2)c1. The summed E-state index contributed by atoms with van der Waals surface area (Å²) in [6, 6.07) is 93.3. The van der Waals surface area contributed by atoms with Crippen molar-refractivity contribution in [2.24, 2.45) is 0 Å². The molecule has 0 radical (unpaired) electrons. The number of fused-ring (bicyclic) bond motifs is 3. The van der Waals surface area contributed by atoms with Crippen LogP contribution >= 0.6 is 0 Å². The first-order chi connectivity index (χ1) is 35.1. The Bertz CT molecular complexity index is 3690. The summed E-state index contributed by atoms with van der Waals surface area (Å²) in [6.07, 6.45) is 0. The second kappa shape index (κ2) is 18.8. The molecule has 338 valence electrons. The number of benzene rings is 10. The minimum atomic E-state index is 0.512. The van der Waals surface area contributed by atoms with Crippen LogP contribution in [0.1, 0.15) is 0 Å². The molecule has 12 rings (SSSR count). The summed E-state index contributed by atoms with van der Waals surface area (Å²) in [7, 11) is 2.05. The number of nitrogens with zero attached hydrogens (tertiary/aromatic N) is 7. The van der Waals surface area contributed by atoms with E-state index >= 15 is 0 Å². The Hall–Kier alpha value is -9.59. The quantitative estimate of drug-likeness (QED) is 0.122. The molecular formula is C64H47N7. The summed E-state index contributed by atoms with van der Waals surface area (Å²) in [5, 5.41) is 2.18. The topological polar surface area (TPSA) is 53.3 Å². The van der Waals surface area contributed by atoms with Gasteiger partial charge in [0.05, 0.1) is 16.7 Å². The molecule has 2 heterocycles. The zero-order valence-electron chi connectivity index (χ0n) is 39.0. The van der Waals surface area contributed by atoms with E-state index in [0.717, 1.165) is 89.4 Å². The highest BCUT2D eigenvalue weighted by Crippen LogP contribution is 2.42. The van der Waals surface area contributed by atoms with Crippen LogP contribution in [0, 0.1) is 0 Å². The smallest absolute Gasteiger partial charge is 0.240 e. The van der Waals surface area contributed by atoms with Crippen molar-refractivity contribution in [3.05, 3.63) is 267 Å². The van der Waals surface area contributed by atoms with Crippen LogP contribution in [0.25, 0.3) is 61.4 Å². The Balaban J connectivity index is 1.01. The van der Waals surface area contributed by atoms with E-state index in [1.807, 2.05) is 13.1 Å². The second-order valence-corrected chi connectivity index (χ2v) is 17.4. The van der Waals surface area contributed by atoms with Crippen LogP contribution in [-0.4, -0.2) is 26.6 Å². The van der Waals surface area contributed by atoms with Gasteiger partial charge in [0.15, 0.2) is 5.82 Å². The normalized spacial score (nSPS) is 11.2. The average Bonchev–Trinajstić information content (AvgIpc) is 3.78. The highest BCUT2D eigenvalue weighted by atomic mass is 15.3. The summed E-state index contributed by atoms with van der Waals surface area (Å²) in [5.41, 5.74) is 14.6. The summed E-state index contributed by atoms with van der Waals surface area (Å²) in [5.74, 6) is 1.60. The zero-order valence-corrected chi connectivity index (χ0v) is 39.0. The summed E-state index contributed by atoms with van der Waals surface area (Å²) in [4.78, 5) is 22.7. The van der Waals surface area contributed by atoms with Crippen LogP contribution in [0.4, 0.5) is 45.8 Å². The van der Waals surface area contributed by atoms with Gasteiger partial charge in [-0.15, -0.1) is 0 Å². The molecule has 12 aromatic rings. The third kappa shape index (κ3) is 8.32. The molecule has 0 aliphatic carbocycles. The monoisotopic (exact) mass is 913 g/mol. The van der Waals surface area contributed by atoms with Gasteiger partial charge in [-0.05, 0) is 108 Å². The average molecular weight is 914 g/mol. The molecule has 10 aromatic carbocycles. The van der Waals surface area contributed by atoms with E-state index in [-0.39, 0.29) is 0 Å². The molecular weight excluding hydrogens is 867 g/mol. The third-order valence-corrected chi connectivity index (χ3v) is 13.0. The fraction of sp³-hybridized carbons (Fsp3) is 0.0156. The van der Waals surface area contributed by atoms with Gasteiger partial charge in [-0.25, -0.2) is 0 Å². The third-order valence-electron chi connectivity index (χ3n) is 13.0. The maximum absolute atomic E-state index is 5.40. The van der Waals surface area contributed by atoms with Crippen molar-refractivity contribution in [1.82, 2.24) is 19.5 Å². The van der Waals surface area contributed by atoms with Crippen molar-refractivity contribution in [2.45, 2.75) is 0 Å². The first-order valence-corrected chi connectivity index (χ1v) is 23.8. The molecule has 0 amide bonds. The Kier molecular flexibility index (Phi) is 11.3. The van der Waals surface area contributed by atoms with E-state index in [9.17, 15) is 0 Å². The Morgan fingerprint density at radius 1 is 0.324 bits per heavy atom. The minimum absolute atomic E-state index is 0.512. The molecule has 0 N–H and O–H groups in total. The molecule has 0 aliphatic rings. The van der Waals surface area contributed by atoms with E-state index in [4.69, 9.17) is 15.0 Å². The summed E-state index contributed by atoms with van der Waals surface area (Å²) >= 11 is 0.